The molecule has 3 aliphatic carbocycles. The molecule has 0 amide bonds. The second kappa shape index (κ2) is 13.7. The summed E-state index contributed by atoms with van der Waals surface area (Å²) in [6, 6.07) is 2.86. The van der Waals surface area contributed by atoms with Crippen molar-refractivity contribution in [2.24, 2.45) is 29.6 Å². The van der Waals surface area contributed by atoms with Crippen LogP contribution in [0.2, 0.25) is 0 Å². The van der Waals surface area contributed by atoms with Crippen molar-refractivity contribution in [1.29, 1.82) is 0 Å². The summed E-state index contributed by atoms with van der Waals surface area (Å²) >= 11 is 0. The number of hydrogen-bond donors (Lipinski definition) is 0. The average molecular weight is 537 g/mol. The molecule has 0 bridgehead atoms. The van der Waals surface area contributed by atoms with Crippen LogP contribution < -0.4 is 4.74 Å². The highest BCUT2D eigenvalue weighted by molar-refractivity contribution is 5.33. The summed E-state index contributed by atoms with van der Waals surface area (Å²) in [5, 5.41) is 0. The Balaban J connectivity index is 1.22. The number of hydrogen-bond acceptors (Lipinski definition) is 1. The van der Waals surface area contributed by atoms with E-state index in [-0.39, 0.29) is 18.3 Å². The van der Waals surface area contributed by atoms with Crippen LogP contribution in [0.5, 0.6) is 5.75 Å². The van der Waals surface area contributed by atoms with E-state index in [0.29, 0.717) is 17.4 Å². The van der Waals surface area contributed by atoms with Gasteiger partial charge < -0.3 is 4.74 Å². The maximum atomic E-state index is 14.9. The van der Waals surface area contributed by atoms with Crippen molar-refractivity contribution < 1.29 is 22.3 Å². The highest BCUT2D eigenvalue weighted by atomic mass is 19.3. The first-order valence-corrected chi connectivity index (χ1v) is 15.4. The molecule has 0 aromatic heterocycles. The van der Waals surface area contributed by atoms with Gasteiger partial charge in [-0.2, -0.15) is 4.39 Å². The zero-order valence-corrected chi connectivity index (χ0v) is 23.3. The van der Waals surface area contributed by atoms with Crippen LogP contribution in [-0.4, -0.2) is 12.5 Å². The molecule has 5 heteroatoms. The average Bonchev–Trinajstić information content (AvgIpc) is 2.91. The standard InChI is InChI=1S/C33H48F4O/c1-3-5-23-7-13-26(14-8-23)27-15-11-25(12-16-27)21-33(36,37)22-38-30-20-19-29(31(34)32(30)35)28-17-9-24(6-4-2)10-18-28/h4,19-20,23-28H,2-3,5-18,21-22H2,1H3. The number of rotatable bonds is 11. The molecule has 0 heterocycles. The van der Waals surface area contributed by atoms with Crippen LogP contribution in [0.3, 0.4) is 0 Å². The van der Waals surface area contributed by atoms with Gasteiger partial charge in [-0.25, -0.2) is 13.2 Å². The highest BCUT2D eigenvalue weighted by Crippen LogP contribution is 2.44. The monoisotopic (exact) mass is 536 g/mol. The molecular formula is C33H48F4O. The first-order valence-electron chi connectivity index (χ1n) is 15.4. The Bertz CT molecular complexity index is 875. The molecule has 0 aliphatic heterocycles. The van der Waals surface area contributed by atoms with Gasteiger partial charge in [-0.3, -0.25) is 0 Å². The molecule has 0 spiro atoms. The third kappa shape index (κ3) is 7.78. The van der Waals surface area contributed by atoms with Gasteiger partial charge in [0.1, 0.15) is 0 Å². The lowest BCUT2D eigenvalue weighted by molar-refractivity contribution is -0.0659. The summed E-state index contributed by atoms with van der Waals surface area (Å²) in [4.78, 5) is 0. The first-order chi connectivity index (χ1) is 18.3. The van der Waals surface area contributed by atoms with E-state index in [1.54, 1.807) is 0 Å². The maximum Gasteiger partial charge on any atom is 0.281 e. The normalized spacial score (nSPS) is 30.7. The van der Waals surface area contributed by atoms with E-state index in [9.17, 15) is 17.6 Å². The fourth-order valence-electron chi connectivity index (χ4n) is 7.80. The van der Waals surface area contributed by atoms with Crippen LogP contribution in [0.15, 0.2) is 24.8 Å². The molecule has 3 aliphatic rings. The van der Waals surface area contributed by atoms with Gasteiger partial charge in [0.25, 0.3) is 5.92 Å². The predicted octanol–water partition coefficient (Wildman–Crippen LogP) is 10.6. The van der Waals surface area contributed by atoms with Crippen LogP contribution in [0.1, 0.15) is 121 Å². The second-order valence-corrected chi connectivity index (χ2v) is 12.7. The SMILES string of the molecule is C=CCC1CCC(c2ccc(OCC(F)(F)CC3CCC(C4CCC(CCC)CC4)CC3)c(F)c2F)CC1. The number of allylic oxidation sites excluding steroid dienone is 1. The van der Waals surface area contributed by atoms with E-state index in [2.05, 4.69) is 13.5 Å². The largest absolute Gasteiger partial charge is 0.484 e. The molecule has 1 aromatic rings. The van der Waals surface area contributed by atoms with Gasteiger partial charge in [0.15, 0.2) is 18.2 Å². The quantitative estimate of drug-likeness (QED) is 0.202. The van der Waals surface area contributed by atoms with Crippen molar-refractivity contribution in [3.8, 4) is 5.75 Å². The fraction of sp³-hybridized carbons (Fsp3) is 0.758. The van der Waals surface area contributed by atoms with E-state index in [1.807, 2.05) is 6.08 Å². The maximum absolute atomic E-state index is 14.9. The molecule has 0 atom stereocenters. The summed E-state index contributed by atoms with van der Waals surface area (Å²) in [6.45, 7) is 5.14. The summed E-state index contributed by atoms with van der Waals surface area (Å²) in [5.74, 6) is -2.70. The van der Waals surface area contributed by atoms with Crippen LogP contribution in [0.25, 0.3) is 0 Å². The minimum absolute atomic E-state index is 0.0264. The van der Waals surface area contributed by atoms with Gasteiger partial charge in [0.2, 0.25) is 5.82 Å². The fourth-order valence-corrected chi connectivity index (χ4v) is 7.80. The lowest BCUT2D eigenvalue weighted by atomic mass is 9.68. The van der Waals surface area contributed by atoms with Crippen molar-refractivity contribution in [3.05, 3.63) is 42.0 Å². The summed E-state index contributed by atoms with van der Waals surface area (Å²) in [7, 11) is 0. The van der Waals surface area contributed by atoms with Crippen molar-refractivity contribution in [3.63, 3.8) is 0 Å². The zero-order valence-electron chi connectivity index (χ0n) is 23.3. The molecule has 0 N–H and O–H groups in total. The molecule has 0 radical (unpaired) electrons. The second-order valence-electron chi connectivity index (χ2n) is 12.7. The van der Waals surface area contributed by atoms with E-state index < -0.39 is 29.9 Å². The number of ether oxygens (including phenoxy) is 1. The van der Waals surface area contributed by atoms with Crippen LogP contribution in [0, 0.1) is 41.2 Å². The van der Waals surface area contributed by atoms with Crippen molar-refractivity contribution >= 4 is 0 Å². The van der Waals surface area contributed by atoms with Gasteiger partial charge in [-0.05, 0) is 118 Å². The smallest absolute Gasteiger partial charge is 0.281 e. The van der Waals surface area contributed by atoms with Gasteiger partial charge >= 0.3 is 0 Å². The van der Waals surface area contributed by atoms with Crippen molar-refractivity contribution in [2.45, 2.75) is 121 Å². The topological polar surface area (TPSA) is 9.23 Å². The molecule has 1 nitrogen and oxygen atoms in total. The van der Waals surface area contributed by atoms with Crippen LogP contribution in [-0.2, 0) is 0 Å². The van der Waals surface area contributed by atoms with Crippen LogP contribution in [0.4, 0.5) is 17.6 Å². The first kappa shape index (κ1) is 29.5. The summed E-state index contributed by atoms with van der Waals surface area (Å²) in [6.07, 6.45) is 17.8. The molecular weight excluding hydrogens is 488 g/mol. The Labute approximate surface area is 227 Å². The number of benzene rings is 1. The highest BCUT2D eigenvalue weighted by Gasteiger charge is 2.38. The molecule has 1 aromatic carbocycles. The van der Waals surface area contributed by atoms with Crippen LogP contribution >= 0.6 is 0 Å². The lowest BCUT2D eigenvalue weighted by Gasteiger charge is -2.38. The Hall–Kier alpha value is -1.52. The number of halogens is 4. The lowest BCUT2D eigenvalue weighted by Crippen LogP contribution is -2.32. The molecule has 0 saturated heterocycles. The molecule has 38 heavy (non-hydrogen) atoms. The number of alkyl halides is 2. The van der Waals surface area contributed by atoms with E-state index in [0.717, 1.165) is 69.6 Å². The van der Waals surface area contributed by atoms with Gasteiger partial charge in [-0.15, -0.1) is 6.58 Å². The third-order valence-corrected chi connectivity index (χ3v) is 10.0. The summed E-state index contributed by atoms with van der Waals surface area (Å²) < 4.78 is 64.5. The Kier molecular flexibility index (Phi) is 10.6. The third-order valence-electron chi connectivity index (χ3n) is 10.0. The summed E-state index contributed by atoms with van der Waals surface area (Å²) in [5.41, 5.74) is 0.342. The van der Waals surface area contributed by atoms with Gasteiger partial charge in [0, 0.05) is 6.42 Å². The van der Waals surface area contributed by atoms with E-state index in [1.165, 1.54) is 50.7 Å². The predicted molar refractivity (Wildman–Crippen MR) is 147 cm³/mol. The molecule has 4 rings (SSSR count). The van der Waals surface area contributed by atoms with Gasteiger partial charge in [0.05, 0.1) is 0 Å². The van der Waals surface area contributed by atoms with Gasteiger partial charge in [-0.1, -0.05) is 44.7 Å². The molecule has 3 fully saturated rings. The minimum Gasteiger partial charge on any atom is -0.484 e. The Morgan fingerprint density at radius 3 is 1.97 bits per heavy atom. The van der Waals surface area contributed by atoms with E-state index >= 15 is 0 Å². The minimum atomic E-state index is -3.05. The molecule has 214 valence electrons. The Morgan fingerprint density at radius 2 is 1.39 bits per heavy atom. The molecule has 3 saturated carbocycles. The Morgan fingerprint density at radius 1 is 0.816 bits per heavy atom. The van der Waals surface area contributed by atoms with E-state index in [4.69, 9.17) is 4.74 Å². The van der Waals surface area contributed by atoms with Crippen molar-refractivity contribution in [2.75, 3.05) is 6.61 Å². The molecule has 0 unspecified atom stereocenters. The van der Waals surface area contributed by atoms with Crippen molar-refractivity contribution in [1.82, 2.24) is 0 Å². The zero-order chi connectivity index (χ0) is 27.1.